The smallest absolute Gasteiger partial charge is 0.274 e. The number of furan rings is 1. The number of hydrogen-bond acceptors (Lipinski definition) is 4. The Labute approximate surface area is 219 Å². The summed E-state index contributed by atoms with van der Waals surface area (Å²) in [5, 5.41) is 6.85. The summed E-state index contributed by atoms with van der Waals surface area (Å²) in [4.78, 5) is 30.0. The van der Waals surface area contributed by atoms with Crippen molar-refractivity contribution in [2.24, 2.45) is 5.10 Å². The van der Waals surface area contributed by atoms with Crippen LogP contribution in [0.1, 0.15) is 34.1 Å². The van der Waals surface area contributed by atoms with Crippen molar-refractivity contribution in [1.82, 2.24) is 9.99 Å². The second-order valence-corrected chi connectivity index (χ2v) is 9.61. The lowest BCUT2D eigenvalue weighted by atomic mass is 9.92. The van der Waals surface area contributed by atoms with Crippen molar-refractivity contribution in [3.63, 3.8) is 0 Å². The molecule has 0 saturated carbocycles. The van der Waals surface area contributed by atoms with Gasteiger partial charge < -0.3 is 9.40 Å². The van der Waals surface area contributed by atoms with Gasteiger partial charge in [-0.05, 0) is 60.2 Å². The molecule has 0 spiro atoms. The van der Waals surface area contributed by atoms with E-state index in [1.165, 1.54) is 35.5 Å². The number of amides is 1. The average Bonchev–Trinajstić information content (AvgIpc) is 3.59. The molecule has 5 aromatic rings. The van der Waals surface area contributed by atoms with E-state index in [9.17, 15) is 14.0 Å². The molecule has 6 rings (SSSR count). The number of pyridine rings is 1. The van der Waals surface area contributed by atoms with Gasteiger partial charge >= 0.3 is 0 Å². The number of rotatable bonds is 4. The molecule has 6 nitrogen and oxygen atoms in total. The molecule has 182 valence electrons. The highest BCUT2D eigenvalue weighted by atomic mass is 79.9. The minimum absolute atomic E-state index is 0.267. The first-order valence-corrected chi connectivity index (χ1v) is 12.4. The molecule has 0 saturated heterocycles. The minimum Gasteiger partial charge on any atom is -0.467 e. The topological polar surface area (TPSA) is 78.7 Å². The molecule has 8 heteroatoms. The van der Waals surface area contributed by atoms with Gasteiger partial charge in [-0.15, -0.1) is 0 Å². The molecule has 0 fully saturated rings. The van der Waals surface area contributed by atoms with E-state index in [4.69, 9.17) is 4.42 Å². The molecule has 1 amide bonds. The van der Waals surface area contributed by atoms with Gasteiger partial charge in [0, 0.05) is 32.9 Å². The van der Waals surface area contributed by atoms with E-state index < -0.39 is 17.8 Å². The maximum atomic E-state index is 13.6. The lowest BCUT2D eigenvalue weighted by Gasteiger charge is -2.19. The Morgan fingerprint density at radius 1 is 1.00 bits per heavy atom. The first-order chi connectivity index (χ1) is 18.0. The van der Waals surface area contributed by atoms with Gasteiger partial charge in [0.2, 0.25) is 0 Å². The molecule has 37 heavy (non-hydrogen) atoms. The molecule has 0 unspecified atom stereocenters. The Bertz CT molecular complexity index is 1710. The van der Waals surface area contributed by atoms with Crippen LogP contribution in [-0.4, -0.2) is 21.6 Å². The molecule has 1 aliphatic heterocycles. The number of halogens is 2. The molecule has 1 N–H and O–H groups in total. The number of nitrogens with zero attached hydrogens (tertiary/aromatic N) is 2. The van der Waals surface area contributed by atoms with Crippen LogP contribution in [0.5, 0.6) is 0 Å². The van der Waals surface area contributed by atoms with Gasteiger partial charge in [-0.3, -0.25) is 9.59 Å². The summed E-state index contributed by atoms with van der Waals surface area (Å²) in [6, 6.07) is 23.5. The first-order valence-electron chi connectivity index (χ1n) is 11.6. The van der Waals surface area contributed by atoms with Crippen LogP contribution in [0.25, 0.3) is 22.0 Å². The van der Waals surface area contributed by atoms with Crippen LogP contribution in [0.4, 0.5) is 4.39 Å². The molecule has 3 aromatic carbocycles. The third-order valence-corrected chi connectivity index (χ3v) is 6.90. The monoisotopic (exact) mass is 555 g/mol. The Hall–Kier alpha value is -4.30. The Morgan fingerprint density at radius 2 is 1.78 bits per heavy atom. The zero-order valence-electron chi connectivity index (χ0n) is 19.3. The van der Waals surface area contributed by atoms with Crippen molar-refractivity contribution in [1.29, 1.82) is 0 Å². The van der Waals surface area contributed by atoms with E-state index in [0.717, 1.165) is 21.0 Å². The molecular formula is C29H19BrFN3O3. The zero-order valence-corrected chi connectivity index (χ0v) is 20.9. The number of hydrogen-bond donors (Lipinski definition) is 1. The van der Waals surface area contributed by atoms with Gasteiger partial charge in [-0.25, -0.2) is 9.40 Å². The predicted molar refractivity (Wildman–Crippen MR) is 143 cm³/mol. The lowest BCUT2D eigenvalue weighted by Crippen LogP contribution is -2.26. The van der Waals surface area contributed by atoms with Crippen LogP contribution in [0.15, 0.2) is 110 Å². The number of nitrogens with one attached hydrogen (secondary N) is 1. The molecule has 0 aliphatic carbocycles. The summed E-state index contributed by atoms with van der Waals surface area (Å²) in [6.07, 6.45) is 1.80. The largest absolute Gasteiger partial charge is 0.467 e. The van der Waals surface area contributed by atoms with Crippen molar-refractivity contribution in [2.45, 2.75) is 12.5 Å². The van der Waals surface area contributed by atoms with Crippen LogP contribution in [-0.2, 0) is 0 Å². The standard InChI is InChI=1S/C29H19BrFN3O3/c30-19-10-13-22-21(15-19)26(17-5-2-1-3-6-17)27(28(35)32-22)23-16-24(25-7-4-14-37-25)34(33-23)29(36)18-8-11-20(31)12-9-18/h1-15,24H,16H2,(H,32,35)/t24-/m1/s1. The highest BCUT2D eigenvalue weighted by Gasteiger charge is 2.37. The van der Waals surface area contributed by atoms with Gasteiger partial charge in [0.05, 0.1) is 17.5 Å². The number of aromatic nitrogens is 1. The predicted octanol–water partition coefficient (Wildman–Crippen LogP) is 6.68. The summed E-state index contributed by atoms with van der Waals surface area (Å²) in [5.41, 5.74) is 3.10. The Kier molecular flexibility index (Phi) is 5.81. The number of benzene rings is 3. The van der Waals surface area contributed by atoms with Gasteiger partial charge in [0.25, 0.3) is 11.5 Å². The van der Waals surface area contributed by atoms with Crippen molar-refractivity contribution in [3.05, 3.63) is 129 Å². The van der Waals surface area contributed by atoms with Crippen molar-refractivity contribution >= 4 is 38.5 Å². The van der Waals surface area contributed by atoms with E-state index in [2.05, 4.69) is 26.0 Å². The number of aromatic amines is 1. The highest BCUT2D eigenvalue weighted by Crippen LogP contribution is 2.38. The van der Waals surface area contributed by atoms with Crippen molar-refractivity contribution in [2.75, 3.05) is 0 Å². The third kappa shape index (κ3) is 4.19. The van der Waals surface area contributed by atoms with Crippen molar-refractivity contribution in [3.8, 4) is 11.1 Å². The Morgan fingerprint density at radius 3 is 2.51 bits per heavy atom. The van der Waals surface area contributed by atoms with E-state index in [-0.39, 0.29) is 17.5 Å². The summed E-state index contributed by atoms with van der Waals surface area (Å²) in [6.45, 7) is 0. The molecule has 1 aliphatic rings. The fourth-order valence-corrected chi connectivity index (χ4v) is 5.08. The van der Waals surface area contributed by atoms with Crippen LogP contribution in [0.2, 0.25) is 0 Å². The van der Waals surface area contributed by atoms with E-state index in [0.29, 0.717) is 22.6 Å². The molecule has 0 bridgehead atoms. The van der Waals surface area contributed by atoms with E-state index >= 15 is 0 Å². The second-order valence-electron chi connectivity index (χ2n) is 8.70. The van der Waals surface area contributed by atoms with Crippen LogP contribution in [0, 0.1) is 5.82 Å². The van der Waals surface area contributed by atoms with Crippen molar-refractivity contribution < 1.29 is 13.6 Å². The fourth-order valence-electron chi connectivity index (χ4n) is 4.72. The number of hydrazone groups is 1. The van der Waals surface area contributed by atoms with Crippen LogP contribution in [0.3, 0.4) is 0 Å². The van der Waals surface area contributed by atoms with Gasteiger partial charge in [-0.2, -0.15) is 5.10 Å². The van der Waals surface area contributed by atoms with E-state index in [1.54, 1.807) is 12.1 Å². The lowest BCUT2D eigenvalue weighted by molar-refractivity contribution is 0.0693. The number of carbonyl (C=O) groups is 1. The summed E-state index contributed by atoms with van der Waals surface area (Å²) >= 11 is 3.55. The van der Waals surface area contributed by atoms with Gasteiger partial charge in [-0.1, -0.05) is 46.3 Å². The summed E-state index contributed by atoms with van der Waals surface area (Å²) < 4.78 is 20.0. The van der Waals surface area contributed by atoms with E-state index in [1.807, 2.05) is 48.5 Å². The summed E-state index contributed by atoms with van der Waals surface area (Å²) in [7, 11) is 0. The first kappa shape index (κ1) is 23.1. The summed E-state index contributed by atoms with van der Waals surface area (Å²) in [5.74, 6) is -0.320. The average molecular weight is 556 g/mol. The quantitative estimate of drug-likeness (QED) is 0.268. The molecule has 0 radical (unpaired) electrons. The zero-order chi connectivity index (χ0) is 25.5. The van der Waals surface area contributed by atoms with Gasteiger partial charge in [0.15, 0.2) is 0 Å². The maximum absolute atomic E-state index is 13.6. The highest BCUT2D eigenvalue weighted by molar-refractivity contribution is 9.10. The normalized spacial score (nSPS) is 15.2. The number of H-pyrrole nitrogens is 1. The SMILES string of the molecule is O=C(c1ccc(F)cc1)N1N=C(c2c(-c3ccccc3)c3cc(Br)ccc3[nH]c2=O)C[C@@H]1c1ccco1. The maximum Gasteiger partial charge on any atom is 0.274 e. The second kappa shape index (κ2) is 9.29. The molecular weight excluding hydrogens is 537 g/mol. The molecule has 3 heterocycles. The Balaban J connectivity index is 1.56. The number of carbonyl (C=O) groups excluding carboxylic acids is 1. The molecule has 1 atom stereocenters. The minimum atomic E-state index is -0.566. The third-order valence-electron chi connectivity index (χ3n) is 6.41. The van der Waals surface area contributed by atoms with Gasteiger partial charge in [0.1, 0.15) is 17.6 Å². The fraction of sp³-hybridized carbons (Fsp3) is 0.0690. The molecule has 2 aromatic heterocycles. The van der Waals surface area contributed by atoms with Crippen LogP contribution < -0.4 is 5.56 Å². The number of fused-ring (bicyclic) bond motifs is 1. The van der Waals surface area contributed by atoms with Crippen LogP contribution >= 0.6 is 15.9 Å².